The van der Waals surface area contributed by atoms with Crippen LogP contribution in [0.15, 0.2) is 47.6 Å². The second kappa shape index (κ2) is 6.60. The summed E-state index contributed by atoms with van der Waals surface area (Å²) in [5, 5.41) is 3.41. The fraction of sp³-hybridized carbons (Fsp3) is 0.188. The summed E-state index contributed by atoms with van der Waals surface area (Å²) in [5.41, 5.74) is 6.80. The van der Waals surface area contributed by atoms with E-state index >= 15 is 0 Å². The number of alkyl halides is 3. The van der Waals surface area contributed by atoms with Crippen LogP contribution in [0.1, 0.15) is 22.3 Å². The molecule has 0 aliphatic carbocycles. The van der Waals surface area contributed by atoms with E-state index in [1.54, 1.807) is 25.1 Å². The number of hydrogen-bond donors (Lipinski definition) is 2. The SMILES string of the molecule is Cc1cc(C(F)(F)F)ccc1OCc1cccc(/C(N)=N/N)c1. The number of ether oxygens (including phenoxy) is 1. The van der Waals surface area contributed by atoms with Gasteiger partial charge in [0.15, 0.2) is 0 Å². The van der Waals surface area contributed by atoms with E-state index in [4.69, 9.17) is 16.3 Å². The maximum Gasteiger partial charge on any atom is 0.416 e. The molecule has 7 heteroatoms. The normalized spacial score (nSPS) is 12.3. The first kappa shape index (κ1) is 16.7. The van der Waals surface area contributed by atoms with Crippen LogP contribution in [0.2, 0.25) is 0 Å². The van der Waals surface area contributed by atoms with Crippen LogP contribution in [-0.4, -0.2) is 5.84 Å². The van der Waals surface area contributed by atoms with Crippen molar-refractivity contribution in [2.75, 3.05) is 0 Å². The number of nitrogens with zero attached hydrogens (tertiary/aromatic N) is 1. The molecule has 122 valence electrons. The highest BCUT2D eigenvalue weighted by Crippen LogP contribution is 2.32. The van der Waals surface area contributed by atoms with E-state index in [9.17, 15) is 13.2 Å². The van der Waals surface area contributed by atoms with Crippen LogP contribution in [0.25, 0.3) is 0 Å². The fourth-order valence-electron chi connectivity index (χ4n) is 2.04. The maximum atomic E-state index is 12.6. The largest absolute Gasteiger partial charge is 0.489 e. The van der Waals surface area contributed by atoms with Crippen molar-refractivity contribution in [3.05, 3.63) is 64.7 Å². The molecule has 23 heavy (non-hydrogen) atoms. The van der Waals surface area contributed by atoms with Crippen molar-refractivity contribution < 1.29 is 17.9 Å². The quantitative estimate of drug-likeness (QED) is 0.393. The van der Waals surface area contributed by atoms with Gasteiger partial charge in [0.1, 0.15) is 18.2 Å². The summed E-state index contributed by atoms with van der Waals surface area (Å²) in [6.45, 7) is 1.76. The van der Waals surface area contributed by atoms with E-state index in [-0.39, 0.29) is 12.4 Å². The molecule has 0 aliphatic rings. The second-order valence-electron chi connectivity index (χ2n) is 4.98. The van der Waals surface area contributed by atoms with Gasteiger partial charge in [-0.05, 0) is 42.3 Å². The molecule has 0 saturated carbocycles. The van der Waals surface area contributed by atoms with E-state index in [0.29, 0.717) is 16.9 Å². The van der Waals surface area contributed by atoms with Crippen molar-refractivity contribution in [1.82, 2.24) is 0 Å². The Morgan fingerprint density at radius 1 is 1.17 bits per heavy atom. The Labute approximate surface area is 131 Å². The molecule has 0 spiro atoms. The molecule has 2 aromatic carbocycles. The van der Waals surface area contributed by atoms with Crippen LogP contribution >= 0.6 is 0 Å². The minimum absolute atomic E-state index is 0.192. The molecule has 0 bridgehead atoms. The molecule has 2 aromatic rings. The van der Waals surface area contributed by atoms with Crippen LogP contribution in [0.5, 0.6) is 5.75 Å². The molecule has 0 fully saturated rings. The molecule has 4 nitrogen and oxygen atoms in total. The summed E-state index contributed by atoms with van der Waals surface area (Å²) >= 11 is 0. The van der Waals surface area contributed by atoms with E-state index < -0.39 is 11.7 Å². The summed E-state index contributed by atoms with van der Waals surface area (Å²) in [6.07, 6.45) is -4.36. The van der Waals surface area contributed by atoms with Gasteiger partial charge in [-0.15, -0.1) is 0 Å². The van der Waals surface area contributed by atoms with E-state index in [0.717, 1.165) is 17.7 Å². The minimum Gasteiger partial charge on any atom is -0.489 e. The van der Waals surface area contributed by atoms with E-state index in [1.165, 1.54) is 6.07 Å². The monoisotopic (exact) mass is 323 g/mol. The van der Waals surface area contributed by atoms with Crippen molar-refractivity contribution in [2.24, 2.45) is 16.7 Å². The Morgan fingerprint density at radius 3 is 2.52 bits per heavy atom. The summed E-state index contributed by atoms with van der Waals surface area (Å²) in [7, 11) is 0. The average molecular weight is 323 g/mol. The molecule has 0 heterocycles. The number of nitrogens with two attached hydrogens (primary N) is 2. The molecule has 2 rings (SSSR count). The van der Waals surface area contributed by atoms with Crippen LogP contribution in [0.3, 0.4) is 0 Å². The van der Waals surface area contributed by atoms with Gasteiger partial charge in [0.25, 0.3) is 0 Å². The minimum atomic E-state index is -4.36. The average Bonchev–Trinajstić information content (AvgIpc) is 2.52. The Bertz CT molecular complexity index is 727. The molecule has 0 amide bonds. The number of hydrazone groups is 1. The first-order valence-electron chi connectivity index (χ1n) is 6.74. The first-order valence-corrected chi connectivity index (χ1v) is 6.74. The number of rotatable bonds is 4. The molecule has 4 N–H and O–H groups in total. The van der Waals surface area contributed by atoms with E-state index in [1.807, 2.05) is 6.07 Å². The Balaban J connectivity index is 2.12. The predicted octanol–water partition coefficient (Wildman–Crippen LogP) is 3.17. The number of amidine groups is 1. The fourth-order valence-corrected chi connectivity index (χ4v) is 2.04. The van der Waals surface area contributed by atoms with E-state index in [2.05, 4.69) is 5.10 Å². The Morgan fingerprint density at radius 2 is 1.91 bits per heavy atom. The summed E-state index contributed by atoms with van der Waals surface area (Å²) in [4.78, 5) is 0. The molecule has 0 unspecified atom stereocenters. The topological polar surface area (TPSA) is 73.6 Å². The highest BCUT2D eigenvalue weighted by atomic mass is 19.4. The molecular weight excluding hydrogens is 307 g/mol. The van der Waals surface area contributed by atoms with Gasteiger partial charge in [-0.2, -0.15) is 18.3 Å². The summed E-state index contributed by atoms with van der Waals surface area (Å²) < 4.78 is 43.5. The van der Waals surface area contributed by atoms with Crippen molar-refractivity contribution in [3.8, 4) is 5.75 Å². The van der Waals surface area contributed by atoms with Gasteiger partial charge in [0.2, 0.25) is 0 Å². The van der Waals surface area contributed by atoms with Crippen molar-refractivity contribution in [3.63, 3.8) is 0 Å². The first-order chi connectivity index (χ1) is 10.8. The van der Waals surface area contributed by atoms with Gasteiger partial charge in [0.05, 0.1) is 5.56 Å². The van der Waals surface area contributed by atoms with Gasteiger partial charge in [0, 0.05) is 5.56 Å². The number of halogens is 3. The Kier molecular flexibility index (Phi) is 4.78. The molecular formula is C16H16F3N3O. The van der Waals surface area contributed by atoms with Crippen LogP contribution in [-0.2, 0) is 12.8 Å². The Hall–Kier alpha value is -2.70. The predicted molar refractivity (Wildman–Crippen MR) is 81.9 cm³/mol. The highest BCUT2D eigenvalue weighted by molar-refractivity contribution is 5.97. The lowest BCUT2D eigenvalue weighted by Gasteiger charge is -2.13. The van der Waals surface area contributed by atoms with Crippen LogP contribution < -0.4 is 16.3 Å². The lowest BCUT2D eigenvalue weighted by atomic mass is 10.1. The highest BCUT2D eigenvalue weighted by Gasteiger charge is 2.30. The number of hydrogen-bond acceptors (Lipinski definition) is 3. The molecule has 0 aromatic heterocycles. The van der Waals surface area contributed by atoms with Crippen molar-refractivity contribution >= 4 is 5.84 Å². The lowest BCUT2D eigenvalue weighted by molar-refractivity contribution is -0.137. The zero-order chi connectivity index (χ0) is 17.0. The zero-order valence-electron chi connectivity index (χ0n) is 12.4. The zero-order valence-corrected chi connectivity index (χ0v) is 12.4. The van der Waals surface area contributed by atoms with Crippen molar-refractivity contribution in [2.45, 2.75) is 19.7 Å². The summed E-state index contributed by atoms with van der Waals surface area (Å²) in [6, 6.07) is 10.5. The third-order valence-electron chi connectivity index (χ3n) is 3.26. The van der Waals surface area contributed by atoms with Gasteiger partial charge in [-0.3, -0.25) is 0 Å². The molecule has 0 atom stereocenters. The lowest BCUT2D eigenvalue weighted by Crippen LogP contribution is -2.15. The van der Waals surface area contributed by atoms with Gasteiger partial charge in [-0.1, -0.05) is 18.2 Å². The molecule has 0 saturated heterocycles. The number of benzene rings is 2. The summed E-state index contributed by atoms with van der Waals surface area (Å²) in [5.74, 6) is 5.71. The third kappa shape index (κ3) is 4.15. The van der Waals surface area contributed by atoms with Gasteiger partial charge in [-0.25, -0.2) is 0 Å². The standard InChI is InChI=1S/C16H16F3N3O/c1-10-7-13(16(17,18)19)5-6-14(10)23-9-11-3-2-4-12(8-11)15(20)22-21/h2-8H,9,21H2,1H3,(H2,20,22). The van der Waals surface area contributed by atoms with Gasteiger partial charge >= 0.3 is 6.18 Å². The number of aryl methyl sites for hydroxylation is 1. The maximum absolute atomic E-state index is 12.6. The molecule has 0 radical (unpaired) electrons. The molecule has 0 aliphatic heterocycles. The van der Waals surface area contributed by atoms with Crippen LogP contribution in [0.4, 0.5) is 13.2 Å². The van der Waals surface area contributed by atoms with Gasteiger partial charge < -0.3 is 16.3 Å². The van der Waals surface area contributed by atoms with Crippen molar-refractivity contribution in [1.29, 1.82) is 0 Å². The third-order valence-corrected chi connectivity index (χ3v) is 3.26. The van der Waals surface area contributed by atoms with Crippen LogP contribution in [0, 0.1) is 6.92 Å². The second-order valence-corrected chi connectivity index (χ2v) is 4.98. The smallest absolute Gasteiger partial charge is 0.416 e.